The van der Waals surface area contributed by atoms with Gasteiger partial charge in [-0.15, -0.1) is 0 Å². The molecule has 0 aliphatic carbocycles. The van der Waals surface area contributed by atoms with Gasteiger partial charge in [0.2, 0.25) is 0 Å². The molecule has 88 valence electrons. The van der Waals surface area contributed by atoms with Gasteiger partial charge >= 0.3 is 0 Å². The van der Waals surface area contributed by atoms with Crippen molar-refractivity contribution < 1.29 is 9.53 Å². The second-order valence-corrected chi connectivity index (χ2v) is 4.35. The molecule has 1 amide bonds. The Kier molecular flexibility index (Phi) is 5.26. The van der Waals surface area contributed by atoms with Crippen molar-refractivity contribution in [3.8, 4) is 0 Å². The molecule has 0 aliphatic heterocycles. The summed E-state index contributed by atoms with van der Waals surface area (Å²) in [5.74, 6) is -0.0361. The van der Waals surface area contributed by atoms with E-state index in [1.807, 2.05) is 0 Å². The topological polar surface area (TPSA) is 90.1 Å². The summed E-state index contributed by atoms with van der Waals surface area (Å²) in [5.41, 5.74) is 5.36. The van der Waals surface area contributed by atoms with Gasteiger partial charge in [-0.3, -0.25) is 4.79 Å². The number of carbonyl (C=O) groups is 1. The third kappa shape index (κ3) is 3.48. The molecule has 0 saturated carbocycles. The molecule has 1 aromatic rings. The second-order valence-electron chi connectivity index (χ2n) is 2.78. The van der Waals surface area contributed by atoms with Crippen LogP contribution < -0.4 is 11.1 Å². The molecule has 16 heavy (non-hydrogen) atoms. The Balaban J connectivity index is 2.76. The van der Waals surface area contributed by atoms with Crippen LogP contribution in [0, 0.1) is 0 Å². The minimum absolute atomic E-state index is 0.101. The Morgan fingerprint density at radius 1 is 1.69 bits per heavy atom. The highest BCUT2D eigenvalue weighted by molar-refractivity contribution is 9.11. The molecule has 1 unspecified atom stereocenters. The van der Waals surface area contributed by atoms with E-state index in [4.69, 9.17) is 10.5 Å². The number of carbonyl (C=O) groups excluding carboxylic acids is 1. The van der Waals surface area contributed by atoms with Gasteiger partial charge in [0.25, 0.3) is 5.91 Å². The van der Waals surface area contributed by atoms with Gasteiger partial charge in [0.05, 0.1) is 6.20 Å². The van der Waals surface area contributed by atoms with Crippen molar-refractivity contribution in [2.75, 3.05) is 19.0 Å². The monoisotopic (exact) mass is 352 g/mol. The van der Waals surface area contributed by atoms with E-state index in [1.54, 1.807) is 0 Å². The SMILES string of the molecule is COC(CN)C(=O)Nc1ncc(Br)nc1Br. The highest BCUT2D eigenvalue weighted by Gasteiger charge is 2.17. The van der Waals surface area contributed by atoms with Crippen LogP contribution in [0.2, 0.25) is 0 Å². The third-order valence-electron chi connectivity index (χ3n) is 1.73. The number of hydrogen-bond acceptors (Lipinski definition) is 5. The number of hydrogen-bond donors (Lipinski definition) is 2. The first kappa shape index (κ1) is 13.5. The number of aromatic nitrogens is 2. The van der Waals surface area contributed by atoms with E-state index >= 15 is 0 Å². The summed E-state index contributed by atoms with van der Waals surface area (Å²) >= 11 is 6.34. The van der Waals surface area contributed by atoms with Crippen molar-refractivity contribution in [2.24, 2.45) is 5.73 Å². The fraction of sp³-hybridized carbons (Fsp3) is 0.375. The lowest BCUT2D eigenvalue weighted by Crippen LogP contribution is -2.36. The molecule has 0 radical (unpaired) electrons. The molecule has 0 spiro atoms. The van der Waals surface area contributed by atoms with Gasteiger partial charge in [-0.1, -0.05) is 0 Å². The van der Waals surface area contributed by atoms with Crippen LogP contribution in [-0.4, -0.2) is 35.6 Å². The summed E-state index contributed by atoms with van der Waals surface area (Å²) in [6.07, 6.45) is 0.780. The zero-order valence-electron chi connectivity index (χ0n) is 8.41. The van der Waals surface area contributed by atoms with E-state index in [0.717, 1.165) is 0 Å². The number of methoxy groups -OCH3 is 1. The van der Waals surface area contributed by atoms with Gasteiger partial charge in [0.1, 0.15) is 15.3 Å². The molecule has 3 N–H and O–H groups in total. The minimum Gasteiger partial charge on any atom is -0.370 e. The molecule has 0 aliphatic rings. The zero-order valence-corrected chi connectivity index (χ0v) is 11.6. The smallest absolute Gasteiger partial charge is 0.256 e. The Morgan fingerprint density at radius 3 is 2.88 bits per heavy atom. The summed E-state index contributed by atoms with van der Waals surface area (Å²) in [7, 11) is 1.42. The Hall–Kier alpha value is -0.570. The lowest BCUT2D eigenvalue weighted by Gasteiger charge is -2.12. The van der Waals surface area contributed by atoms with E-state index < -0.39 is 6.10 Å². The van der Waals surface area contributed by atoms with Gasteiger partial charge in [-0.05, 0) is 31.9 Å². The number of rotatable bonds is 4. The standard InChI is InChI=1S/C8H10Br2N4O2/c1-16-4(2-11)8(15)14-7-6(10)13-5(9)3-12-7/h3-4H,2,11H2,1H3,(H,12,14,15). The Labute approximate surface area is 109 Å². The van der Waals surface area contributed by atoms with Crippen molar-refractivity contribution in [2.45, 2.75) is 6.10 Å². The average Bonchev–Trinajstić information content (AvgIpc) is 2.24. The van der Waals surface area contributed by atoms with Crippen molar-refractivity contribution in [1.82, 2.24) is 9.97 Å². The van der Waals surface area contributed by atoms with Crippen molar-refractivity contribution in [3.63, 3.8) is 0 Å². The summed E-state index contributed by atoms with van der Waals surface area (Å²) in [5, 5.41) is 2.55. The Morgan fingerprint density at radius 2 is 2.38 bits per heavy atom. The second kappa shape index (κ2) is 6.24. The van der Waals surface area contributed by atoms with Gasteiger partial charge in [0.15, 0.2) is 5.82 Å². The lowest BCUT2D eigenvalue weighted by molar-refractivity contribution is -0.125. The number of ether oxygens (including phenoxy) is 1. The molecule has 0 aromatic carbocycles. The summed E-state index contributed by atoms with van der Waals surface area (Å²) < 4.78 is 5.89. The van der Waals surface area contributed by atoms with Crippen LogP contribution in [0.15, 0.2) is 15.4 Å². The average molecular weight is 354 g/mol. The zero-order chi connectivity index (χ0) is 12.1. The van der Waals surface area contributed by atoms with Crippen LogP contribution in [0.5, 0.6) is 0 Å². The first-order chi connectivity index (χ1) is 7.58. The maximum atomic E-state index is 11.6. The number of nitrogens with zero attached hydrogens (tertiary/aromatic N) is 2. The highest BCUT2D eigenvalue weighted by atomic mass is 79.9. The molecule has 1 atom stereocenters. The van der Waals surface area contributed by atoms with E-state index in [0.29, 0.717) is 15.0 Å². The number of nitrogens with two attached hydrogens (primary N) is 1. The van der Waals surface area contributed by atoms with Gasteiger partial charge in [0, 0.05) is 13.7 Å². The first-order valence-electron chi connectivity index (χ1n) is 4.30. The van der Waals surface area contributed by atoms with Gasteiger partial charge in [-0.25, -0.2) is 9.97 Å². The molecule has 1 aromatic heterocycles. The number of amides is 1. The lowest BCUT2D eigenvalue weighted by atomic mass is 10.3. The maximum absolute atomic E-state index is 11.6. The van der Waals surface area contributed by atoms with Crippen LogP contribution in [0.25, 0.3) is 0 Å². The van der Waals surface area contributed by atoms with Crippen LogP contribution in [0.1, 0.15) is 0 Å². The fourth-order valence-corrected chi connectivity index (χ4v) is 1.85. The highest BCUT2D eigenvalue weighted by Crippen LogP contribution is 2.19. The van der Waals surface area contributed by atoms with E-state index in [9.17, 15) is 4.79 Å². The molecule has 8 heteroatoms. The minimum atomic E-state index is -0.697. The van der Waals surface area contributed by atoms with Crippen LogP contribution in [-0.2, 0) is 9.53 Å². The maximum Gasteiger partial charge on any atom is 0.256 e. The predicted octanol–water partition coefficient (Wildman–Crippen LogP) is 0.914. The normalized spacial score (nSPS) is 12.2. The van der Waals surface area contributed by atoms with Crippen molar-refractivity contribution in [3.05, 3.63) is 15.4 Å². The van der Waals surface area contributed by atoms with E-state index in [-0.39, 0.29) is 12.5 Å². The fourth-order valence-electron chi connectivity index (χ4n) is 0.938. The summed E-state index contributed by atoms with van der Waals surface area (Å²) in [6.45, 7) is 0.101. The number of nitrogens with one attached hydrogen (secondary N) is 1. The van der Waals surface area contributed by atoms with E-state index in [1.165, 1.54) is 13.3 Å². The van der Waals surface area contributed by atoms with Crippen LogP contribution in [0.4, 0.5) is 5.82 Å². The van der Waals surface area contributed by atoms with Gasteiger partial charge in [-0.2, -0.15) is 0 Å². The summed E-state index contributed by atoms with van der Waals surface area (Å²) in [4.78, 5) is 19.6. The molecule has 1 rings (SSSR count). The van der Waals surface area contributed by atoms with Crippen LogP contribution >= 0.6 is 31.9 Å². The third-order valence-corrected chi connectivity index (χ3v) is 2.67. The molecule has 0 bridgehead atoms. The predicted molar refractivity (Wildman–Crippen MR) is 65.9 cm³/mol. The van der Waals surface area contributed by atoms with Crippen molar-refractivity contribution in [1.29, 1.82) is 0 Å². The molecule has 0 saturated heterocycles. The van der Waals surface area contributed by atoms with Crippen LogP contribution in [0.3, 0.4) is 0 Å². The molecular formula is C8H10Br2N4O2. The molecular weight excluding hydrogens is 344 g/mol. The molecule has 0 fully saturated rings. The largest absolute Gasteiger partial charge is 0.370 e. The number of halogens is 2. The molecule has 1 heterocycles. The van der Waals surface area contributed by atoms with E-state index in [2.05, 4.69) is 47.1 Å². The quantitative estimate of drug-likeness (QED) is 0.839. The summed E-state index contributed by atoms with van der Waals surface area (Å²) in [6, 6.07) is 0. The first-order valence-corrected chi connectivity index (χ1v) is 5.88. The molecule has 6 nitrogen and oxygen atoms in total. The Bertz CT molecular complexity index is 384. The van der Waals surface area contributed by atoms with Crippen molar-refractivity contribution >= 4 is 43.6 Å². The number of anilines is 1. The van der Waals surface area contributed by atoms with Gasteiger partial charge < -0.3 is 15.8 Å².